The van der Waals surface area contributed by atoms with Crippen LogP contribution < -0.4 is 5.32 Å². The number of hydrogen-bond donors (Lipinski definition) is 1. The number of hydrogen-bond acceptors (Lipinski definition) is 1. The first-order chi connectivity index (χ1) is 8.95. The van der Waals surface area contributed by atoms with Gasteiger partial charge in [0.25, 0.3) is 0 Å². The lowest BCUT2D eigenvalue weighted by molar-refractivity contribution is 0.623. The highest BCUT2D eigenvalue weighted by Gasteiger charge is 1.93. The summed E-state index contributed by atoms with van der Waals surface area (Å²) in [6.45, 7) is 2.08. The second kappa shape index (κ2) is 7.67. The maximum Gasteiger partial charge on any atom is 0.0205 e. The van der Waals surface area contributed by atoms with Crippen molar-refractivity contribution < 1.29 is 0 Å². The predicted octanol–water partition coefficient (Wildman–Crippen LogP) is 3.80. The van der Waals surface area contributed by atoms with E-state index in [1.807, 2.05) is 0 Å². The molecule has 0 fully saturated rings. The zero-order valence-corrected chi connectivity index (χ0v) is 10.8. The van der Waals surface area contributed by atoms with Crippen LogP contribution in [0.1, 0.15) is 24.0 Å². The highest BCUT2D eigenvalue weighted by atomic mass is 14.8. The van der Waals surface area contributed by atoms with Gasteiger partial charge in [-0.25, -0.2) is 0 Å². The summed E-state index contributed by atoms with van der Waals surface area (Å²) in [5, 5.41) is 3.49. The molecular formula is C17H21N. The number of aryl methyl sites for hydroxylation is 1. The van der Waals surface area contributed by atoms with Gasteiger partial charge >= 0.3 is 0 Å². The van der Waals surface area contributed by atoms with Crippen LogP contribution in [0, 0.1) is 0 Å². The second-order valence-electron chi connectivity index (χ2n) is 4.61. The summed E-state index contributed by atoms with van der Waals surface area (Å²) in [7, 11) is 0. The van der Waals surface area contributed by atoms with E-state index in [1.54, 1.807) is 0 Å². The zero-order chi connectivity index (χ0) is 12.5. The number of nitrogens with one attached hydrogen (secondary N) is 1. The highest BCUT2D eigenvalue weighted by molar-refractivity contribution is 5.15. The third-order valence-electron chi connectivity index (χ3n) is 3.08. The SMILES string of the molecule is c1ccc(CCCCNCc2ccccc2)cc1. The van der Waals surface area contributed by atoms with Crippen molar-refractivity contribution in [3.05, 3.63) is 71.8 Å². The summed E-state index contributed by atoms with van der Waals surface area (Å²) >= 11 is 0. The normalized spacial score (nSPS) is 10.4. The first-order valence-corrected chi connectivity index (χ1v) is 6.74. The molecule has 0 saturated heterocycles. The standard InChI is InChI=1S/C17H21N/c1-3-9-16(10-4-1)11-7-8-14-18-15-17-12-5-2-6-13-17/h1-6,9-10,12-13,18H,7-8,11,14-15H2. The van der Waals surface area contributed by atoms with Crippen LogP contribution in [0.25, 0.3) is 0 Å². The second-order valence-corrected chi connectivity index (χ2v) is 4.61. The molecule has 94 valence electrons. The van der Waals surface area contributed by atoms with E-state index >= 15 is 0 Å². The van der Waals surface area contributed by atoms with Gasteiger partial charge < -0.3 is 5.32 Å². The van der Waals surface area contributed by atoms with Crippen LogP contribution in [0.3, 0.4) is 0 Å². The maximum absolute atomic E-state index is 3.49. The van der Waals surface area contributed by atoms with Gasteiger partial charge in [0, 0.05) is 6.54 Å². The Bertz CT molecular complexity index is 378. The van der Waals surface area contributed by atoms with E-state index in [4.69, 9.17) is 0 Å². The smallest absolute Gasteiger partial charge is 0.0205 e. The average molecular weight is 239 g/mol. The minimum absolute atomic E-state index is 0.978. The molecule has 0 radical (unpaired) electrons. The molecule has 0 aliphatic carbocycles. The van der Waals surface area contributed by atoms with E-state index in [0.29, 0.717) is 0 Å². The van der Waals surface area contributed by atoms with Crippen LogP contribution in [-0.4, -0.2) is 6.54 Å². The first-order valence-electron chi connectivity index (χ1n) is 6.74. The van der Waals surface area contributed by atoms with Gasteiger partial charge in [-0.2, -0.15) is 0 Å². The fourth-order valence-corrected chi connectivity index (χ4v) is 2.05. The summed E-state index contributed by atoms with van der Waals surface area (Å²) in [5.41, 5.74) is 2.81. The van der Waals surface area contributed by atoms with Crippen LogP contribution in [0.4, 0.5) is 0 Å². The molecule has 0 aliphatic rings. The topological polar surface area (TPSA) is 12.0 Å². The summed E-state index contributed by atoms with van der Waals surface area (Å²) < 4.78 is 0. The molecule has 0 saturated carbocycles. The van der Waals surface area contributed by atoms with Crippen molar-refractivity contribution in [2.24, 2.45) is 0 Å². The molecule has 2 aromatic rings. The fraction of sp³-hybridized carbons (Fsp3) is 0.294. The van der Waals surface area contributed by atoms with E-state index in [2.05, 4.69) is 66.0 Å². The van der Waals surface area contributed by atoms with Crippen molar-refractivity contribution in [3.63, 3.8) is 0 Å². The van der Waals surface area contributed by atoms with Crippen LogP contribution in [0.5, 0.6) is 0 Å². The predicted molar refractivity (Wildman–Crippen MR) is 77.5 cm³/mol. The molecule has 1 N–H and O–H groups in total. The van der Waals surface area contributed by atoms with Gasteiger partial charge in [0.2, 0.25) is 0 Å². The molecule has 18 heavy (non-hydrogen) atoms. The third kappa shape index (κ3) is 4.72. The van der Waals surface area contributed by atoms with Gasteiger partial charge in [0.15, 0.2) is 0 Å². The molecule has 0 heterocycles. The molecular weight excluding hydrogens is 218 g/mol. The Labute approximate surface area is 110 Å². The van der Waals surface area contributed by atoms with Crippen molar-refractivity contribution in [3.8, 4) is 0 Å². The Kier molecular flexibility index (Phi) is 5.48. The molecule has 1 heteroatoms. The zero-order valence-electron chi connectivity index (χ0n) is 10.8. The summed E-state index contributed by atoms with van der Waals surface area (Å²) in [6.07, 6.45) is 3.68. The molecule has 0 aromatic heterocycles. The molecule has 0 atom stereocenters. The Morgan fingerprint density at radius 2 is 1.28 bits per heavy atom. The van der Waals surface area contributed by atoms with Gasteiger partial charge in [0.1, 0.15) is 0 Å². The largest absolute Gasteiger partial charge is 0.313 e. The van der Waals surface area contributed by atoms with Crippen molar-refractivity contribution in [1.82, 2.24) is 5.32 Å². The van der Waals surface area contributed by atoms with Gasteiger partial charge in [-0.15, -0.1) is 0 Å². The van der Waals surface area contributed by atoms with Crippen molar-refractivity contribution in [2.75, 3.05) is 6.54 Å². The highest BCUT2D eigenvalue weighted by Crippen LogP contribution is 2.04. The van der Waals surface area contributed by atoms with Crippen LogP contribution >= 0.6 is 0 Å². The van der Waals surface area contributed by atoms with E-state index < -0.39 is 0 Å². The lowest BCUT2D eigenvalue weighted by Crippen LogP contribution is -2.14. The Morgan fingerprint density at radius 1 is 0.667 bits per heavy atom. The first kappa shape index (κ1) is 12.8. The Morgan fingerprint density at radius 3 is 1.94 bits per heavy atom. The minimum atomic E-state index is 0.978. The monoisotopic (exact) mass is 239 g/mol. The van der Waals surface area contributed by atoms with Gasteiger partial charge in [-0.1, -0.05) is 60.7 Å². The molecule has 0 aliphatic heterocycles. The van der Waals surface area contributed by atoms with Crippen molar-refractivity contribution >= 4 is 0 Å². The maximum atomic E-state index is 3.49. The molecule has 0 spiro atoms. The van der Waals surface area contributed by atoms with E-state index in [9.17, 15) is 0 Å². The summed E-state index contributed by atoms with van der Waals surface area (Å²) in [4.78, 5) is 0. The van der Waals surface area contributed by atoms with Crippen LogP contribution in [0.2, 0.25) is 0 Å². The van der Waals surface area contributed by atoms with E-state index in [0.717, 1.165) is 13.1 Å². The molecule has 0 amide bonds. The quantitative estimate of drug-likeness (QED) is 0.725. The lowest BCUT2D eigenvalue weighted by atomic mass is 10.1. The van der Waals surface area contributed by atoms with Crippen LogP contribution in [0.15, 0.2) is 60.7 Å². The third-order valence-corrected chi connectivity index (χ3v) is 3.08. The molecule has 2 rings (SSSR count). The lowest BCUT2D eigenvalue weighted by Gasteiger charge is -2.05. The summed E-state index contributed by atoms with van der Waals surface area (Å²) in [5.74, 6) is 0. The van der Waals surface area contributed by atoms with Gasteiger partial charge in [-0.05, 0) is 36.9 Å². The van der Waals surface area contributed by atoms with Crippen molar-refractivity contribution in [2.45, 2.75) is 25.8 Å². The molecule has 0 bridgehead atoms. The molecule has 1 nitrogen and oxygen atoms in total. The number of benzene rings is 2. The van der Waals surface area contributed by atoms with Gasteiger partial charge in [-0.3, -0.25) is 0 Å². The van der Waals surface area contributed by atoms with Crippen molar-refractivity contribution in [1.29, 1.82) is 0 Å². The van der Waals surface area contributed by atoms with Gasteiger partial charge in [0.05, 0.1) is 0 Å². The average Bonchev–Trinajstić information content (AvgIpc) is 2.45. The Balaban J connectivity index is 1.54. The Hall–Kier alpha value is -1.60. The number of rotatable bonds is 7. The fourth-order valence-electron chi connectivity index (χ4n) is 2.05. The molecule has 2 aromatic carbocycles. The van der Waals surface area contributed by atoms with E-state index in [-0.39, 0.29) is 0 Å². The van der Waals surface area contributed by atoms with E-state index in [1.165, 1.54) is 30.4 Å². The minimum Gasteiger partial charge on any atom is -0.313 e. The molecule has 0 unspecified atom stereocenters. The summed E-state index contributed by atoms with van der Waals surface area (Å²) in [6, 6.07) is 21.3. The van der Waals surface area contributed by atoms with Crippen LogP contribution in [-0.2, 0) is 13.0 Å². The number of unbranched alkanes of at least 4 members (excludes halogenated alkanes) is 1.